The molecule has 0 aromatic heterocycles. The molecule has 0 fully saturated rings. The fourth-order valence-electron chi connectivity index (χ4n) is 2.58. The molecule has 0 saturated heterocycles. The summed E-state index contributed by atoms with van der Waals surface area (Å²) in [4.78, 5) is 10.9. The van der Waals surface area contributed by atoms with E-state index >= 15 is 0 Å². The fraction of sp³-hybridized carbons (Fsp3) is 0.350. The molecule has 0 aliphatic rings. The molecule has 0 aliphatic heterocycles. The van der Waals surface area contributed by atoms with Crippen molar-refractivity contribution in [2.45, 2.75) is 32.4 Å². The molecule has 4 nitrogen and oxygen atoms in total. The molecule has 2 rings (SSSR count). The average molecular weight is 361 g/mol. The van der Waals surface area contributed by atoms with Gasteiger partial charge in [0.05, 0.1) is 6.10 Å². The SMILES string of the molecule is CC(=O)NCc1ccc(C(C)CNC[C@H](O)c2cccc(Cl)c2)cc1. The van der Waals surface area contributed by atoms with Crippen LogP contribution < -0.4 is 10.6 Å². The zero-order valence-corrected chi connectivity index (χ0v) is 15.4. The highest BCUT2D eigenvalue weighted by molar-refractivity contribution is 6.30. The van der Waals surface area contributed by atoms with Crippen LogP contribution in [0, 0.1) is 0 Å². The van der Waals surface area contributed by atoms with E-state index in [0.29, 0.717) is 24.0 Å². The first kappa shape index (κ1) is 19.4. The van der Waals surface area contributed by atoms with Crippen LogP contribution in [0.15, 0.2) is 48.5 Å². The van der Waals surface area contributed by atoms with Crippen LogP contribution in [0.3, 0.4) is 0 Å². The van der Waals surface area contributed by atoms with Crippen LogP contribution in [0.25, 0.3) is 0 Å². The summed E-state index contributed by atoms with van der Waals surface area (Å²) >= 11 is 5.95. The van der Waals surface area contributed by atoms with E-state index in [1.807, 2.05) is 24.3 Å². The minimum atomic E-state index is -0.578. The molecule has 134 valence electrons. The molecule has 1 amide bonds. The topological polar surface area (TPSA) is 61.4 Å². The Kier molecular flexibility index (Phi) is 7.44. The van der Waals surface area contributed by atoms with Gasteiger partial charge in [-0.3, -0.25) is 4.79 Å². The van der Waals surface area contributed by atoms with E-state index < -0.39 is 6.10 Å². The van der Waals surface area contributed by atoms with E-state index in [2.05, 4.69) is 29.7 Å². The van der Waals surface area contributed by atoms with Gasteiger partial charge >= 0.3 is 0 Å². The highest BCUT2D eigenvalue weighted by Crippen LogP contribution is 2.18. The van der Waals surface area contributed by atoms with Crippen LogP contribution in [-0.4, -0.2) is 24.1 Å². The molecule has 0 radical (unpaired) electrons. The lowest BCUT2D eigenvalue weighted by molar-refractivity contribution is -0.119. The molecule has 0 aliphatic carbocycles. The number of amides is 1. The van der Waals surface area contributed by atoms with Crippen molar-refractivity contribution in [1.82, 2.24) is 10.6 Å². The van der Waals surface area contributed by atoms with Crippen LogP contribution in [0.5, 0.6) is 0 Å². The van der Waals surface area contributed by atoms with E-state index in [4.69, 9.17) is 11.6 Å². The second-order valence-corrected chi connectivity index (χ2v) is 6.72. The van der Waals surface area contributed by atoms with Gasteiger partial charge < -0.3 is 15.7 Å². The summed E-state index contributed by atoms with van der Waals surface area (Å²) in [6, 6.07) is 15.5. The summed E-state index contributed by atoms with van der Waals surface area (Å²) in [7, 11) is 0. The van der Waals surface area contributed by atoms with Gasteiger partial charge in [-0.1, -0.05) is 54.9 Å². The van der Waals surface area contributed by atoms with Crippen molar-refractivity contribution in [3.63, 3.8) is 0 Å². The van der Waals surface area contributed by atoms with E-state index in [9.17, 15) is 9.90 Å². The Balaban J connectivity index is 1.79. The maximum Gasteiger partial charge on any atom is 0.217 e. The number of hydrogen-bond acceptors (Lipinski definition) is 3. The lowest BCUT2D eigenvalue weighted by Crippen LogP contribution is -2.25. The molecule has 2 aromatic carbocycles. The Labute approximate surface area is 154 Å². The van der Waals surface area contributed by atoms with Crippen molar-refractivity contribution < 1.29 is 9.90 Å². The maximum atomic E-state index is 10.9. The Bertz CT molecular complexity index is 688. The summed E-state index contributed by atoms with van der Waals surface area (Å²) in [6.45, 7) is 5.45. The fourth-order valence-corrected chi connectivity index (χ4v) is 2.78. The van der Waals surface area contributed by atoms with Gasteiger partial charge in [0.1, 0.15) is 0 Å². The lowest BCUT2D eigenvalue weighted by atomic mass is 9.99. The van der Waals surface area contributed by atoms with Crippen molar-refractivity contribution >= 4 is 17.5 Å². The van der Waals surface area contributed by atoms with Crippen molar-refractivity contribution in [1.29, 1.82) is 0 Å². The number of benzene rings is 2. The van der Waals surface area contributed by atoms with Gasteiger partial charge in [-0.2, -0.15) is 0 Å². The van der Waals surface area contributed by atoms with Crippen LogP contribution >= 0.6 is 11.6 Å². The normalized spacial score (nSPS) is 13.3. The third-order valence-electron chi connectivity index (χ3n) is 4.11. The number of halogens is 1. The van der Waals surface area contributed by atoms with Gasteiger partial charge in [0.15, 0.2) is 0 Å². The van der Waals surface area contributed by atoms with Crippen LogP contribution in [0.2, 0.25) is 5.02 Å². The molecular weight excluding hydrogens is 336 g/mol. The second kappa shape index (κ2) is 9.56. The molecule has 0 saturated carbocycles. The number of aliphatic hydroxyl groups is 1. The number of hydrogen-bond donors (Lipinski definition) is 3. The smallest absolute Gasteiger partial charge is 0.217 e. The largest absolute Gasteiger partial charge is 0.387 e. The van der Waals surface area contributed by atoms with Gasteiger partial charge in [0.2, 0.25) is 5.91 Å². The molecule has 2 atom stereocenters. The van der Waals surface area contributed by atoms with Gasteiger partial charge in [-0.05, 0) is 34.7 Å². The van der Waals surface area contributed by atoms with Gasteiger partial charge in [-0.25, -0.2) is 0 Å². The van der Waals surface area contributed by atoms with Crippen molar-refractivity contribution in [3.8, 4) is 0 Å². The minimum absolute atomic E-state index is 0.0279. The molecule has 1 unspecified atom stereocenters. The van der Waals surface area contributed by atoms with Crippen molar-refractivity contribution in [3.05, 3.63) is 70.2 Å². The Hall–Kier alpha value is -1.88. The standard InChI is InChI=1S/C20H25ClN2O2/c1-14(17-8-6-16(7-9-17)12-23-15(2)24)11-22-13-20(25)18-4-3-5-19(21)10-18/h3-10,14,20,22,25H,11-13H2,1-2H3,(H,23,24)/t14?,20-/m0/s1. The van der Waals surface area contributed by atoms with Crippen LogP contribution in [0.1, 0.15) is 42.6 Å². The summed E-state index contributed by atoms with van der Waals surface area (Å²) in [5, 5.41) is 16.9. The van der Waals surface area contributed by atoms with Crippen molar-refractivity contribution in [2.75, 3.05) is 13.1 Å². The second-order valence-electron chi connectivity index (χ2n) is 6.28. The number of carbonyl (C=O) groups excluding carboxylic acids is 1. The molecule has 0 spiro atoms. The average Bonchev–Trinajstić information content (AvgIpc) is 2.60. The lowest BCUT2D eigenvalue weighted by Gasteiger charge is -2.16. The van der Waals surface area contributed by atoms with Gasteiger partial charge in [-0.15, -0.1) is 0 Å². The first-order valence-corrected chi connectivity index (χ1v) is 8.81. The van der Waals surface area contributed by atoms with E-state index in [1.54, 1.807) is 12.1 Å². The molecule has 5 heteroatoms. The maximum absolute atomic E-state index is 10.9. The first-order chi connectivity index (χ1) is 12.0. The number of rotatable bonds is 8. The predicted molar refractivity (Wildman–Crippen MR) is 102 cm³/mol. The van der Waals surface area contributed by atoms with Gasteiger partial charge in [0.25, 0.3) is 0 Å². The molecule has 2 aromatic rings. The number of carbonyl (C=O) groups is 1. The predicted octanol–water partition coefficient (Wildman–Crippen LogP) is 3.40. The summed E-state index contributed by atoms with van der Waals surface area (Å²) in [5.41, 5.74) is 3.11. The van der Waals surface area contributed by atoms with Crippen molar-refractivity contribution in [2.24, 2.45) is 0 Å². The molecule has 0 heterocycles. The minimum Gasteiger partial charge on any atom is -0.387 e. The highest BCUT2D eigenvalue weighted by Gasteiger charge is 2.10. The summed E-state index contributed by atoms with van der Waals surface area (Å²) < 4.78 is 0. The van der Waals surface area contributed by atoms with E-state index in [1.165, 1.54) is 12.5 Å². The van der Waals surface area contributed by atoms with Gasteiger partial charge in [0, 0.05) is 31.6 Å². The Morgan fingerprint density at radius 1 is 1.12 bits per heavy atom. The van der Waals surface area contributed by atoms with E-state index in [-0.39, 0.29) is 5.91 Å². The molecule has 25 heavy (non-hydrogen) atoms. The quantitative estimate of drug-likeness (QED) is 0.676. The summed E-state index contributed by atoms with van der Waals surface area (Å²) in [5.74, 6) is 0.293. The molecule has 3 N–H and O–H groups in total. The zero-order chi connectivity index (χ0) is 18.2. The molecular formula is C20H25ClN2O2. The third kappa shape index (κ3) is 6.50. The Morgan fingerprint density at radius 3 is 2.48 bits per heavy atom. The first-order valence-electron chi connectivity index (χ1n) is 8.43. The molecule has 0 bridgehead atoms. The summed E-state index contributed by atoms with van der Waals surface area (Å²) in [6.07, 6.45) is -0.578. The van der Waals surface area contributed by atoms with E-state index in [0.717, 1.165) is 17.7 Å². The Morgan fingerprint density at radius 2 is 1.84 bits per heavy atom. The van der Waals surface area contributed by atoms with Crippen LogP contribution in [0.4, 0.5) is 0 Å². The monoisotopic (exact) mass is 360 g/mol. The third-order valence-corrected chi connectivity index (χ3v) is 4.35. The highest BCUT2D eigenvalue weighted by atomic mass is 35.5. The van der Waals surface area contributed by atoms with Crippen LogP contribution in [-0.2, 0) is 11.3 Å². The zero-order valence-electron chi connectivity index (χ0n) is 14.6. The number of nitrogens with one attached hydrogen (secondary N) is 2. The number of aliphatic hydroxyl groups excluding tert-OH is 1.